The Kier molecular flexibility index (Phi) is 5.79. The number of nitrogens with zero attached hydrogens (tertiary/aromatic N) is 1. The zero-order valence-electron chi connectivity index (χ0n) is 12.7. The van der Waals surface area contributed by atoms with Gasteiger partial charge in [-0.15, -0.1) is 0 Å². The molecule has 1 aliphatic rings. The van der Waals surface area contributed by atoms with Crippen molar-refractivity contribution in [3.63, 3.8) is 0 Å². The molecule has 0 unspecified atom stereocenters. The van der Waals surface area contributed by atoms with E-state index in [-0.39, 0.29) is 24.6 Å². The molecular formula is C15H22N2O4S. The Morgan fingerprint density at radius 3 is 2.45 bits per heavy atom. The van der Waals surface area contributed by atoms with Gasteiger partial charge in [0.25, 0.3) is 0 Å². The summed E-state index contributed by atoms with van der Waals surface area (Å²) in [7, 11) is -1.65. The van der Waals surface area contributed by atoms with Crippen LogP contribution in [-0.4, -0.2) is 51.1 Å². The fraction of sp³-hybridized carbons (Fsp3) is 0.533. The molecule has 1 aliphatic heterocycles. The van der Waals surface area contributed by atoms with Gasteiger partial charge in [0, 0.05) is 19.6 Å². The first-order chi connectivity index (χ1) is 10.5. The van der Waals surface area contributed by atoms with E-state index in [9.17, 15) is 13.2 Å². The highest BCUT2D eigenvalue weighted by molar-refractivity contribution is 7.89. The number of nitrogens with one attached hydrogen (secondary N) is 1. The van der Waals surface area contributed by atoms with E-state index in [1.54, 1.807) is 19.2 Å². The molecule has 0 radical (unpaired) electrons. The lowest BCUT2D eigenvalue weighted by Gasteiger charge is -2.15. The molecule has 1 amide bonds. The first kappa shape index (κ1) is 16.8. The first-order valence-electron chi connectivity index (χ1n) is 7.39. The Bertz CT molecular complexity index is 592. The van der Waals surface area contributed by atoms with Gasteiger partial charge in [0.2, 0.25) is 15.9 Å². The van der Waals surface area contributed by atoms with Crippen LogP contribution in [0.1, 0.15) is 18.4 Å². The second-order valence-corrected chi connectivity index (χ2v) is 7.39. The van der Waals surface area contributed by atoms with Gasteiger partial charge in [-0.1, -0.05) is 12.1 Å². The monoisotopic (exact) mass is 326 g/mol. The highest BCUT2D eigenvalue weighted by atomic mass is 32.2. The van der Waals surface area contributed by atoms with E-state index in [2.05, 4.69) is 5.32 Å². The molecule has 1 aromatic rings. The SMILES string of the molecule is COc1ccc(CC(=O)NCCS(=O)(=O)N2CCCC2)cc1. The van der Waals surface area contributed by atoms with Crippen LogP contribution in [0.25, 0.3) is 0 Å². The number of sulfonamides is 1. The molecule has 2 rings (SSSR count). The van der Waals surface area contributed by atoms with Gasteiger partial charge in [-0.05, 0) is 30.5 Å². The van der Waals surface area contributed by atoms with Crippen LogP contribution in [-0.2, 0) is 21.2 Å². The van der Waals surface area contributed by atoms with Crippen LogP contribution >= 0.6 is 0 Å². The summed E-state index contributed by atoms with van der Waals surface area (Å²) in [5.74, 6) is 0.518. The third kappa shape index (κ3) is 4.71. The maximum absolute atomic E-state index is 12.0. The highest BCUT2D eigenvalue weighted by Gasteiger charge is 2.24. The van der Waals surface area contributed by atoms with E-state index in [1.165, 1.54) is 4.31 Å². The lowest BCUT2D eigenvalue weighted by Crippen LogP contribution is -2.36. The topological polar surface area (TPSA) is 75.7 Å². The number of rotatable bonds is 7. The largest absolute Gasteiger partial charge is 0.497 e. The van der Waals surface area contributed by atoms with Crippen LogP contribution in [0.15, 0.2) is 24.3 Å². The summed E-state index contributed by atoms with van der Waals surface area (Å²) in [6.07, 6.45) is 2.07. The number of benzene rings is 1. The molecule has 0 spiro atoms. The number of hydrogen-bond acceptors (Lipinski definition) is 4. The first-order valence-corrected chi connectivity index (χ1v) is 8.99. The van der Waals surface area contributed by atoms with Crippen molar-refractivity contribution in [1.29, 1.82) is 0 Å². The average Bonchev–Trinajstić information content (AvgIpc) is 3.03. The fourth-order valence-electron chi connectivity index (χ4n) is 2.41. The van der Waals surface area contributed by atoms with Crippen LogP contribution < -0.4 is 10.1 Å². The molecule has 0 aromatic heterocycles. The van der Waals surface area contributed by atoms with E-state index in [0.717, 1.165) is 24.2 Å². The van der Waals surface area contributed by atoms with Gasteiger partial charge < -0.3 is 10.1 Å². The predicted molar refractivity (Wildman–Crippen MR) is 84.3 cm³/mol. The van der Waals surface area contributed by atoms with Crippen LogP contribution in [0.2, 0.25) is 0 Å². The molecule has 6 nitrogen and oxygen atoms in total. The zero-order valence-corrected chi connectivity index (χ0v) is 13.6. The van der Waals surface area contributed by atoms with Gasteiger partial charge in [-0.2, -0.15) is 0 Å². The Labute approximate surface area is 131 Å². The molecule has 1 heterocycles. The number of amides is 1. The van der Waals surface area contributed by atoms with E-state index in [4.69, 9.17) is 4.74 Å². The van der Waals surface area contributed by atoms with E-state index in [0.29, 0.717) is 13.1 Å². The summed E-state index contributed by atoms with van der Waals surface area (Å²) in [5, 5.41) is 2.66. The molecule has 22 heavy (non-hydrogen) atoms. The minimum absolute atomic E-state index is 0.0403. The quantitative estimate of drug-likeness (QED) is 0.803. The maximum atomic E-state index is 12.0. The minimum atomic E-state index is -3.24. The van der Waals surface area contributed by atoms with Gasteiger partial charge in [0.15, 0.2) is 0 Å². The van der Waals surface area contributed by atoms with Crippen molar-refractivity contribution in [2.75, 3.05) is 32.5 Å². The lowest BCUT2D eigenvalue weighted by molar-refractivity contribution is -0.120. The molecule has 0 aliphatic carbocycles. The van der Waals surface area contributed by atoms with Gasteiger partial charge in [0.1, 0.15) is 5.75 Å². The van der Waals surface area contributed by atoms with Crippen molar-refractivity contribution in [1.82, 2.24) is 9.62 Å². The van der Waals surface area contributed by atoms with Gasteiger partial charge in [-0.3, -0.25) is 4.79 Å². The second-order valence-electron chi connectivity index (χ2n) is 5.30. The molecule has 1 saturated heterocycles. The standard InChI is InChI=1S/C15H22N2O4S/c1-21-14-6-4-13(5-7-14)12-15(18)16-8-11-22(19,20)17-9-2-3-10-17/h4-7H,2-3,8-12H2,1H3,(H,16,18). The Morgan fingerprint density at radius 2 is 1.86 bits per heavy atom. The number of hydrogen-bond donors (Lipinski definition) is 1. The Hall–Kier alpha value is -1.60. The van der Waals surface area contributed by atoms with Crippen LogP contribution in [0, 0.1) is 0 Å². The lowest BCUT2D eigenvalue weighted by atomic mass is 10.1. The number of carbonyl (C=O) groups excluding carboxylic acids is 1. The summed E-state index contributed by atoms with van der Waals surface area (Å²) in [6, 6.07) is 7.22. The van der Waals surface area contributed by atoms with E-state index >= 15 is 0 Å². The number of carbonyl (C=O) groups is 1. The van der Waals surface area contributed by atoms with E-state index < -0.39 is 10.0 Å². The summed E-state index contributed by atoms with van der Waals surface area (Å²) < 4.78 is 30.6. The van der Waals surface area contributed by atoms with Gasteiger partial charge >= 0.3 is 0 Å². The van der Waals surface area contributed by atoms with E-state index in [1.807, 2.05) is 12.1 Å². The number of methoxy groups -OCH3 is 1. The minimum Gasteiger partial charge on any atom is -0.497 e. The van der Waals surface area contributed by atoms with Crippen LogP contribution in [0.3, 0.4) is 0 Å². The molecule has 1 N–H and O–H groups in total. The molecular weight excluding hydrogens is 304 g/mol. The van der Waals surface area contributed by atoms with Gasteiger partial charge in [-0.25, -0.2) is 12.7 Å². The molecule has 1 aromatic carbocycles. The molecule has 0 bridgehead atoms. The molecule has 1 fully saturated rings. The second kappa shape index (κ2) is 7.60. The summed E-state index contributed by atoms with van der Waals surface area (Å²) in [5.41, 5.74) is 0.862. The third-order valence-electron chi connectivity index (χ3n) is 3.66. The summed E-state index contributed by atoms with van der Waals surface area (Å²) in [6.45, 7) is 1.35. The Morgan fingerprint density at radius 1 is 1.23 bits per heavy atom. The molecule has 122 valence electrons. The maximum Gasteiger partial charge on any atom is 0.224 e. The third-order valence-corrected chi connectivity index (χ3v) is 5.54. The normalized spacial score (nSPS) is 15.7. The van der Waals surface area contributed by atoms with Crippen molar-refractivity contribution in [3.8, 4) is 5.75 Å². The molecule has 0 saturated carbocycles. The zero-order chi connectivity index (χ0) is 16.0. The van der Waals surface area contributed by atoms with Crippen molar-refractivity contribution in [2.24, 2.45) is 0 Å². The van der Waals surface area contributed by atoms with Crippen molar-refractivity contribution in [2.45, 2.75) is 19.3 Å². The van der Waals surface area contributed by atoms with Gasteiger partial charge in [0.05, 0.1) is 19.3 Å². The molecule has 0 atom stereocenters. The Balaban J connectivity index is 1.75. The van der Waals surface area contributed by atoms with Crippen molar-refractivity contribution < 1.29 is 17.9 Å². The summed E-state index contributed by atoms with van der Waals surface area (Å²) in [4.78, 5) is 11.8. The number of ether oxygens (including phenoxy) is 1. The predicted octanol–water partition coefficient (Wildman–Crippen LogP) is 0.780. The average molecular weight is 326 g/mol. The highest BCUT2D eigenvalue weighted by Crippen LogP contribution is 2.13. The summed E-state index contributed by atoms with van der Waals surface area (Å²) >= 11 is 0. The molecule has 7 heteroatoms. The van der Waals surface area contributed by atoms with Crippen molar-refractivity contribution in [3.05, 3.63) is 29.8 Å². The van der Waals surface area contributed by atoms with Crippen molar-refractivity contribution >= 4 is 15.9 Å². The smallest absolute Gasteiger partial charge is 0.224 e. The van der Waals surface area contributed by atoms with Crippen LogP contribution in [0.4, 0.5) is 0 Å². The fourth-order valence-corrected chi connectivity index (χ4v) is 3.84. The van der Waals surface area contributed by atoms with Crippen LogP contribution in [0.5, 0.6) is 5.75 Å².